The molecule has 1 saturated heterocycles. The highest BCUT2D eigenvalue weighted by molar-refractivity contribution is 6.11. The minimum absolute atomic E-state index is 0.248. The molecule has 0 aromatic rings. The third kappa shape index (κ3) is 5.60. The Hall–Kier alpha value is -2.30. The Morgan fingerprint density at radius 2 is 1.09 bits per heavy atom. The van der Waals surface area contributed by atoms with E-state index in [1.54, 1.807) is 0 Å². The number of urea groups is 2. The van der Waals surface area contributed by atoms with Gasteiger partial charge in [0.1, 0.15) is 0 Å². The summed E-state index contributed by atoms with van der Waals surface area (Å²) in [5.41, 5.74) is 0. The van der Waals surface area contributed by atoms with Crippen LogP contribution in [0.3, 0.4) is 0 Å². The van der Waals surface area contributed by atoms with Gasteiger partial charge in [-0.2, -0.15) is 0 Å². The Morgan fingerprint density at radius 1 is 0.682 bits per heavy atom. The van der Waals surface area contributed by atoms with E-state index in [0.29, 0.717) is 39.0 Å². The van der Waals surface area contributed by atoms with Crippen molar-refractivity contribution in [2.75, 3.05) is 26.2 Å². The molecular formula is C14H20N4O4. The minimum Gasteiger partial charge on any atom is -0.247 e. The van der Waals surface area contributed by atoms with Gasteiger partial charge in [-0.1, -0.05) is 0 Å². The monoisotopic (exact) mass is 308 g/mol. The number of hydrogen-bond acceptors (Lipinski definition) is 6. The van der Waals surface area contributed by atoms with Crippen LogP contribution in [0.2, 0.25) is 0 Å². The first-order valence-corrected chi connectivity index (χ1v) is 7.42. The Bertz CT molecular complexity index is 425. The lowest BCUT2D eigenvalue weighted by atomic mass is 10.2. The zero-order valence-corrected chi connectivity index (χ0v) is 12.5. The molecule has 0 aromatic carbocycles. The van der Waals surface area contributed by atoms with E-state index in [4.69, 9.17) is 0 Å². The topological polar surface area (TPSA) is 99.5 Å². The first-order valence-electron chi connectivity index (χ1n) is 7.42. The number of rotatable bonds is 12. The third-order valence-electron chi connectivity index (χ3n) is 3.36. The summed E-state index contributed by atoms with van der Waals surface area (Å²) in [6.07, 6.45) is 7.47. The predicted molar refractivity (Wildman–Crippen MR) is 77.9 cm³/mol. The van der Waals surface area contributed by atoms with E-state index in [2.05, 4.69) is 9.98 Å². The van der Waals surface area contributed by atoms with Gasteiger partial charge in [-0.05, 0) is 38.5 Å². The van der Waals surface area contributed by atoms with Crippen LogP contribution in [0.1, 0.15) is 38.5 Å². The Morgan fingerprint density at radius 3 is 1.45 bits per heavy atom. The smallest absolute Gasteiger partial charge is 0.247 e. The zero-order chi connectivity index (χ0) is 16.2. The number of carbonyl (C=O) groups excluding carboxylic acids is 4. The van der Waals surface area contributed by atoms with Crippen molar-refractivity contribution in [2.24, 2.45) is 9.98 Å². The van der Waals surface area contributed by atoms with Gasteiger partial charge < -0.3 is 0 Å². The summed E-state index contributed by atoms with van der Waals surface area (Å²) in [5.74, 6) is 0. The van der Waals surface area contributed by atoms with Crippen molar-refractivity contribution in [1.29, 1.82) is 0 Å². The van der Waals surface area contributed by atoms with E-state index < -0.39 is 0 Å². The molecule has 0 bridgehead atoms. The molecule has 0 radical (unpaired) electrons. The second kappa shape index (κ2) is 10.4. The molecule has 1 aliphatic rings. The molecule has 0 saturated carbocycles. The number of amides is 4. The number of carbonyl (C=O) groups is 2. The average Bonchev–Trinajstić information content (AvgIpc) is 2.53. The van der Waals surface area contributed by atoms with E-state index >= 15 is 0 Å². The predicted octanol–water partition coefficient (Wildman–Crippen LogP) is 1.86. The Kier molecular flexibility index (Phi) is 8.42. The molecule has 0 aromatic heterocycles. The summed E-state index contributed by atoms with van der Waals surface area (Å²) in [5, 5.41) is 0. The van der Waals surface area contributed by atoms with E-state index in [-0.39, 0.29) is 12.1 Å². The number of aliphatic imine (C=N–C) groups is 2. The molecule has 22 heavy (non-hydrogen) atoms. The number of imide groups is 2. The summed E-state index contributed by atoms with van der Waals surface area (Å²) < 4.78 is 0. The lowest BCUT2D eigenvalue weighted by molar-refractivity contribution is 0.104. The number of hydrogen-bond donors (Lipinski definition) is 0. The van der Waals surface area contributed by atoms with Crippen molar-refractivity contribution >= 4 is 24.2 Å². The van der Waals surface area contributed by atoms with E-state index in [1.165, 1.54) is 22.0 Å². The van der Waals surface area contributed by atoms with Crippen molar-refractivity contribution in [1.82, 2.24) is 9.80 Å². The molecule has 120 valence electrons. The molecule has 1 fully saturated rings. The zero-order valence-electron chi connectivity index (χ0n) is 12.5. The molecular weight excluding hydrogens is 288 g/mol. The first kappa shape index (κ1) is 17.8. The van der Waals surface area contributed by atoms with Crippen LogP contribution in [0.15, 0.2) is 9.98 Å². The third-order valence-corrected chi connectivity index (χ3v) is 3.36. The normalized spacial score (nSPS) is 13.5. The molecule has 0 aliphatic carbocycles. The summed E-state index contributed by atoms with van der Waals surface area (Å²) >= 11 is 0. The maximum absolute atomic E-state index is 11.8. The molecule has 1 rings (SSSR count). The van der Waals surface area contributed by atoms with Crippen LogP contribution in [0, 0.1) is 0 Å². The van der Waals surface area contributed by atoms with Gasteiger partial charge in [0, 0.05) is 13.1 Å². The molecule has 0 atom stereocenters. The van der Waals surface area contributed by atoms with Gasteiger partial charge >= 0.3 is 12.1 Å². The van der Waals surface area contributed by atoms with Crippen molar-refractivity contribution < 1.29 is 19.2 Å². The van der Waals surface area contributed by atoms with Gasteiger partial charge in [-0.25, -0.2) is 39.0 Å². The molecule has 4 amide bonds. The summed E-state index contributed by atoms with van der Waals surface area (Å²) in [4.78, 5) is 52.7. The van der Waals surface area contributed by atoms with Crippen molar-refractivity contribution in [3.8, 4) is 0 Å². The van der Waals surface area contributed by atoms with Gasteiger partial charge in [-0.3, -0.25) is 0 Å². The van der Waals surface area contributed by atoms with Gasteiger partial charge in [0.25, 0.3) is 0 Å². The van der Waals surface area contributed by atoms with Crippen molar-refractivity contribution in [3.63, 3.8) is 0 Å². The van der Waals surface area contributed by atoms with Crippen LogP contribution in [0.25, 0.3) is 0 Å². The van der Waals surface area contributed by atoms with Gasteiger partial charge in [0.2, 0.25) is 12.2 Å². The second-order valence-corrected chi connectivity index (χ2v) is 4.94. The van der Waals surface area contributed by atoms with Crippen molar-refractivity contribution in [2.45, 2.75) is 38.5 Å². The van der Waals surface area contributed by atoms with Crippen molar-refractivity contribution in [3.05, 3.63) is 0 Å². The highest BCUT2D eigenvalue weighted by Gasteiger charge is 2.42. The molecule has 0 N–H and O–H groups in total. The SMILES string of the molecule is O=C=NCCCCCN1C(=O)N(CCCCCN=C=O)C1=O. The average molecular weight is 308 g/mol. The molecule has 1 aliphatic heterocycles. The maximum Gasteiger partial charge on any atom is 0.336 e. The fraction of sp³-hybridized carbons (Fsp3) is 0.714. The highest BCUT2D eigenvalue weighted by atomic mass is 16.2. The van der Waals surface area contributed by atoms with Crippen LogP contribution in [0.5, 0.6) is 0 Å². The molecule has 8 nitrogen and oxygen atoms in total. The Labute approximate surface area is 128 Å². The van der Waals surface area contributed by atoms with Crippen LogP contribution < -0.4 is 0 Å². The largest absolute Gasteiger partial charge is 0.336 e. The highest BCUT2D eigenvalue weighted by Crippen LogP contribution is 2.18. The minimum atomic E-state index is -0.248. The summed E-state index contributed by atoms with van der Waals surface area (Å²) in [6.45, 7) is 1.69. The molecule has 1 heterocycles. The number of nitrogens with zero attached hydrogens (tertiary/aromatic N) is 4. The first-order chi connectivity index (χ1) is 10.7. The van der Waals surface area contributed by atoms with Gasteiger partial charge in [0.15, 0.2) is 0 Å². The summed E-state index contributed by atoms with van der Waals surface area (Å²) in [7, 11) is 0. The van der Waals surface area contributed by atoms with Crippen LogP contribution in [-0.2, 0) is 9.59 Å². The van der Waals surface area contributed by atoms with E-state index in [1.807, 2.05) is 0 Å². The number of unbranched alkanes of at least 4 members (excludes halogenated alkanes) is 4. The fourth-order valence-electron chi connectivity index (χ4n) is 2.16. The fourth-order valence-corrected chi connectivity index (χ4v) is 2.16. The van der Waals surface area contributed by atoms with E-state index in [9.17, 15) is 19.2 Å². The van der Waals surface area contributed by atoms with Gasteiger partial charge in [0.05, 0.1) is 13.1 Å². The van der Waals surface area contributed by atoms with Gasteiger partial charge in [-0.15, -0.1) is 0 Å². The Balaban J connectivity index is 2.11. The standard InChI is InChI=1S/C14H20N4O4/c19-11-15-7-3-1-5-9-17-13(21)18(14(17)22)10-6-2-4-8-16-12-20/h1-10H2. The number of isocyanates is 2. The molecule has 0 unspecified atom stereocenters. The van der Waals surface area contributed by atoms with Crippen LogP contribution in [0.4, 0.5) is 9.59 Å². The molecule has 0 spiro atoms. The van der Waals surface area contributed by atoms with Crippen LogP contribution in [-0.4, -0.2) is 60.2 Å². The maximum atomic E-state index is 11.8. The molecule has 8 heteroatoms. The second-order valence-electron chi connectivity index (χ2n) is 4.94. The summed E-state index contributed by atoms with van der Waals surface area (Å²) in [6, 6.07) is -0.497. The lowest BCUT2D eigenvalue weighted by Gasteiger charge is -2.39. The quantitative estimate of drug-likeness (QED) is 0.312. The van der Waals surface area contributed by atoms with E-state index in [0.717, 1.165) is 25.7 Å². The van der Waals surface area contributed by atoms with Crippen LogP contribution >= 0.6 is 0 Å². The lowest BCUT2D eigenvalue weighted by Crippen LogP contribution is -2.64.